The number of hydrogen-bond acceptors (Lipinski definition) is 3. The molecule has 148 valence electrons. The van der Waals surface area contributed by atoms with E-state index in [2.05, 4.69) is 12.2 Å². The van der Waals surface area contributed by atoms with Crippen molar-refractivity contribution in [3.05, 3.63) is 89.7 Å². The first-order valence-electron chi connectivity index (χ1n) is 9.46. The Morgan fingerprint density at radius 2 is 1.86 bits per heavy atom. The molecule has 2 aromatic carbocycles. The summed E-state index contributed by atoms with van der Waals surface area (Å²) in [4.78, 5) is 0.346. The molecular formula is C24H24N2O2S. The summed E-state index contributed by atoms with van der Waals surface area (Å²) in [6.07, 6.45) is 4.65. The highest BCUT2D eigenvalue weighted by Gasteiger charge is 2.19. The molecule has 0 aliphatic rings. The Morgan fingerprint density at radius 3 is 2.52 bits per heavy atom. The van der Waals surface area contributed by atoms with Crippen molar-refractivity contribution in [3.8, 4) is 5.75 Å². The van der Waals surface area contributed by atoms with Crippen molar-refractivity contribution in [1.29, 1.82) is 0 Å². The zero-order chi connectivity index (χ0) is 20.8. The third kappa shape index (κ3) is 5.00. The summed E-state index contributed by atoms with van der Waals surface area (Å²) in [7, 11) is 1.61. The maximum absolute atomic E-state index is 13.4. The fraction of sp³-hybridized carbons (Fsp3) is 0.167. The lowest BCUT2D eigenvalue weighted by molar-refractivity contribution is -0.578. The van der Waals surface area contributed by atoms with Gasteiger partial charge in [0.15, 0.2) is 17.4 Å². The van der Waals surface area contributed by atoms with E-state index >= 15 is 0 Å². The maximum Gasteiger partial charge on any atom is 0.238 e. The van der Waals surface area contributed by atoms with Gasteiger partial charge in [-0.1, -0.05) is 49.5 Å². The van der Waals surface area contributed by atoms with E-state index in [4.69, 9.17) is 17.0 Å². The van der Waals surface area contributed by atoms with Gasteiger partial charge in [0, 0.05) is 23.4 Å². The molecule has 1 N–H and O–H groups in total. The van der Waals surface area contributed by atoms with Crippen LogP contribution in [0, 0.1) is 6.92 Å². The Balaban J connectivity index is 2.05. The van der Waals surface area contributed by atoms with E-state index in [1.54, 1.807) is 11.7 Å². The number of hydrogen-bond donors (Lipinski definition) is 1. The number of thiocarbonyl (C=S) groups is 1. The van der Waals surface area contributed by atoms with Gasteiger partial charge < -0.3 is 15.2 Å². The van der Waals surface area contributed by atoms with Gasteiger partial charge in [-0.05, 0) is 48.4 Å². The van der Waals surface area contributed by atoms with E-state index < -0.39 is 0 Å². The number of anilines is 1. The molecule has 0 unspecified atom stereocenters. The number of nitrogens with one attached hydrogen (secondary N) is 1. The van der Waals surface area contributed by atoms with Gasteiger partial charge >= 0.3 is 0 Å². The molecule has 0 bridgehead atoms. The quantitative estimate of drug-likeness (QED) is 0.292. The summed E-state index contributed by atoms with van der Waals surface area (Å²) in [5.41, 5.74) is 3.97. The molecule has 0 atom stereocenters. The molecule has 0 saturated heterocycles. The summed E-state index contributed by atoms with van der Waals surface area (Å²) in [5, 5.41) is 16.6. The molecule has 3 rings (SSSR count). The van der Waals surface area contributed by atoms with E-state index in [1.807, 2.05) is 80.0 Å². The number of aromatic nitrogens is 1. The van der Waals surface area contributed by atoms with Crippen molar-refractivity contribution in [2.45, 2.75) is 20.3 Å². The van der Waals surface area contributed by atoms with Crippen LogP contribution >= 0.6 is 12.2 Å². The van der Waals surface area contributed by atoms with Gasteiger partial charge in [0.05, 0.1) is 7.11 Å². The standard InChI is InChI=1S/C24H24N2O2S/c1-4-18-10-12-19(13-11-18)23(27)22(26-14-6-7-17(2)16-26)24(29)25-20-8-5-9-21(15-20)28-3/h5-16H,4H2,1-3H3,(H-,25,27,29). The number of methoxy groups -OCH3 is 1. The highest BCUT2D eigenvalue weighted by molar-refractivity contribution is 7.81. The van der Waals surface area contributed by atoms with E-state index in [-0.39, 0.29) is 5.76 Å². The average Bonchev–Trinajstić information content (AvgIpc) is 2.74. The predicted octanol–water partition coefficient (Wildman–Crippen LogP) is 3.98. The number of benzene rings is 2. The molecule has 1 heterocycles. The minimum Gasteiger partial charge on any atom is -0.867 e. The second kappa shape index (κ2) is 9.34. The number of rotatable bonds is 6. The van der Waals surface area contributed by atoms with Crippen LogP contribution in [0.1, 0.15) is 23.6 Å². The molecule has 0 spiro atoms. The first-order valence-corrected chi connectivity index (χ1v) is 9.87. The SMILES string of the molecule is CCc1ccc(C([O-])=C(C(=S)Nc2cccc(OC)c2)[n+]2cccc(C)c2)cc1. The highest BCUT2D eigenvalue weighted by Crippen LogP contribution is 2.20. The molecule has 0 aliphatic carbocycles. The number of nitrogens with zero attached hydrogens (tertiary/aromatic N) is 1. The Morgan fingerprint density at radius 1 is 1.10 bits per heavy atom. The molecule has 3 aromatic rings. The topological polar surface area (TPSA) is 48.2 Å². The van der Waals surface area contributed by atoms with E-state index in [0.29, 0.717) is 22.0 Å². The van der Waals surface area contributed by atoms with Crippen molar-refractivity contribution in [2.75, 3.05) is 12.4 Å². The lowest BCUT2D eigenvalue weighted by atomic mass is 10.1. The van der Waals surface area contributed by atoms with Crippen molar-refractivity contribution in [2.24, 2.45) is 0 Å². The van der Waals surface area contributed by atoms with Gasteiger partial charge in [0.25, 0.3) is 0 Å². The molecule has 29 heavy (non-hydrogen) atoms. The van der Waals surface area contributed by atoms with Crippen molar-refractivity contribution in [1.82, 2.24) is 0 Å². The molecule has 0 saturated carbocycles. The minimum absolute atomic E-state index is 0.136. The van der Waals surface area contributed by atoms with Crippen LogP contribution in [0.25, 0.3) is 11.5 Å². The van der Waals surface area contributed by atoms with Crippen LogP contribution in [-0.2, 0) is 6.42 Å². The highest BCUT2D eigenvalue weighted by atomic mass is 32.1. The molecule has 1 aromatic heterocycles. The molecule has 0 amide bonds. The van der Waals surface area contributed by atoms with E-state index in [0.717, 1.165) is 17.7 Å². The smallest absolute Gasteiger partial charge is 0.238 e. The zero-order valence-corrected chi connectivity index (χ0v) is 17.6. The molecule has 0 fully saturated rings. The molecule has 5 heteroatoms. The first kappa shape index (κ1) is 20.6. The lowest BCUT2D eigenvalue weighted by Crippen LogP contribution is -2.40. The number of ether oxygens (including phenoxy) is 1. The summed E-state index contributed by atoms with van der Waals surface area (Å²) >= 11 is 5.66. The Labute approximate surface area is 177 Å². The van der Waals surface area contributed by atoms with Crippen LogP contribution in [0.4, 0.5) is 5.69 Å². The monoisotopic (exact) mass is 404 g/mol. The maximum atomic E-state index is 13.4. The fourth-order valence-corrected chi connectivity index (χ4v) is 3.31. The molecule has 4 nitrogen and oxygen atoms in total. The summed E-state index contributed by atoms with van der Waals surface area (Å²) in [6.45, 7) is 4.07. The Bertz CT molecular complexity index is 1040. The second-order valence-electron chi connectivity index (χ2n) is 6.70. The van der Waals surface area contributed by atoms with E-state index in [9.17, 15) is 5.11 Å². The summed E-state index contributed by atoms with van der Waals surface area (Å²) in [6, 6.07) is 19.0. The van der Waals surface area contributed by atoms with Crippen LogP contribution in [-0.4, -0.2) is 12.1 Å². The Kier molecular flexibility index (Phi) is 6.62. The minimum atomic E-state index is -0.136. The van der Waals surface area contributed by atoms with Gasteiger partial charge in [-0.15, -0.1) is 0 Å². The third-order valence-corrected chi connectivity index (χ3v) is 4.88. The van der Waals surface area contributed by atoms with Crippen LogP contribution in [0.3, 0.4) is 0 Å². The van der Waals surface area contributed by atoms with Gasteiger partial charge in [0.1, 0.15) is 5.75 Å². The van der Waals surface area contributed by atoms with Gasteiger partial charge in [-0.3, -0.25) is 0 Å². The van der Waals surface area contributed by atoms with E-state index in [1.165, 1.54) is 5.56 Å². The van der Waals surface area contributed by atoms with Crippen LogP contribution in [0.5, 0.6) is 5.75 Å². The molecule has 0 radical (unpaired) electrons. The molecular weight excluding hydrogens is 380 g/mol. The first-order chi connectivity index (χ1) is 14.0. The summed E-state index contributed by atoms with van der Waals surface area (Å²) in [5.74, 6) is 0.577. The average molecular weight is 405 g/mol. The fourth-order valence-electron chi connectivity index (χ4n) is 2.99. The van der Waals surface area contributed by atoms with Gasteiger partial charge in [-0.25, -0.2) is 0 Å². The lowest BCUT2D eigenvalue weighted by Gasteiger charge is -2.17. The third-order valence-electron chi connectivity index (χ3n) is 4.59. The normalized spacial score (nSPS) is 11.6. The molecule has 0 aliphatic heterocycles. The van der Waals surface area contributed by atoms with Crippen molar-refractivity contribution in [3.63, 3.8) is 0 Å². The van der Waals surface area contributed by atoms with Crippen LogP contribution < -0.4 is 19.7 Å². The number of aryl methyl sites for hydroxylation is 2. The van der Waals surface area contributed by atoms with Crippen LogP contribution in [0.2, 0.25) is 0 Å². The predicted molar refractivity (Wildman–Crippen MR) is 120 cm³/mol. The van der Waals surface area contributed by atoms with Crippen molar-refractivity contribution >= 4 is 34.3 Å². The van der Waals surface area contributed by atoms with Gasteiger partial charge in [-0.2, -0.15) is 4.57 Å². The van der Waals surface area contributed by atoms with Gasteiger partial charge in [0.2, 0.25) is 5.70 Å². The van der Waals surface area contributed by atoms with Crippen molar-refractivity contribution < 1.29 is 14.4 Å². The summed E-state index contributed by atoms with van der Waals surface area (Å²) < 4.78 is 7.05. The largest absolute Gasteiger partial charge is 0.867 e. The second-order valence-corrected chi connectivity index (χ2v) is 7.11. The Hall–Kier alpha value is -3.18. The zero-order valence-electron chi connectivity index (χ0n) is 16.8. The van der Waals surface area contributed by atoms with Crippen LogP contribution in [0.15, 0.2) is 73.1 Å². The number of pyridine rings is 1.